The molecule has 0 fully saturated rings. The monoisotopic (exact) mass is 235 g/mol. The molecule has 0 spiro atoms. The predicted molar refractivity (Wildman–Crippen MR) is 62.2 cm³/mol. The Morgan fingerprint density at radius 2 is 2.25 bits per heavy atom. The summed E-state index contributed by atoms with van der Waals surface area (Å²) in [5.41, 5.74) is 7.61. The number of oxazole rings is 1. The molecular formula is C11H13N3OS. The van der Waals surface area contributed by atoms with Crippen LogP contribution in [0.5, 0.6) is 0 Å². The smallest absolute Gasteiger partial charge is 0.261 e. The lowest BCUT2D eigenvalue weighted by Gasteiger charge is -2.02. The zero-order chi connectivity index (χ0) is 11.5. The van der Waals surface area contributed by atoms with Crippen LogP contribution in [-0.4, -0.2) is 9.97 Å². The Hall–Kier alpha value is -1.33. The highest BCUT2D eigenvalue weighted by atomic mass is 32.2. The van der Waals surface area contributed by atoms with Gasteiger partial charge in [-0.05, 0) is 37.2 Å². The first-order chi connectivity index (χ1) is 7.70. The van der Waals surface area contributed by atoms with E-state index in [2.05, 4.69) is 9.97 Å². The second kappa shape index (κ2) is 4.67. The number of nitrogens with zero attached hydrogens (tertiary/aromatic N) is 2. The summed E-state index contributed by atoms with van der Waals surface area (Å²) >= 11 is 1.45. The van der Waals surface area contributed by atoms with E-state index >= 15 is 0 Å². The minimum absolute atomic E-state index is 0.490. The maximum absolute atomic E-state index is 5.65. The molecule has 0 saturated heterocycles. The van der Waals surface area contributed by atoms with E-state index in [9.17, 15) is 0 Å². The third-order valence-corrected chi connectivity index (χ3v) is 3.23. The highest BCUT2D eigenvalue weighted by Gasteiger charge is 2.09. The van der Waals surface area contributed by atoms with Gasteiger partial charge in [-0.3, -0.25) is 4.98 Å². The Labute approximate surface area is 98.3 Å². The summed E-state index contributed by atoms with van der Waals surface area (Å²) in [7, 11) is 0. The zero-order valence-electron chi connectivity index (χ0n) is 9.23. The molecule has 0 aliphatic rings. The Bertz CT molecular complexity index is 476. The molecule has 2 aromatic rings. The van der Waals surface area contributed by atoms with E-state index in [1.165, 1.54) is 11.8 Å². The highest BCUT2D eigenvalue weighted by molar-refractivity contribution is 7.99. The Kier molecular flexibility index (Phi) is 3.26. The van der Waals surface area contributed by atoms with Crippen LogP contribution in [0.1, 0.15) is 17.0 Å². The van der Waals surface area contributed by atoms with E-state index in [-0.39, 0.29) is 0 Å². The van der Waals surface area contributed by atoms with E-state index in [4.69, 9.17) is 10.2 Å². The Balaban J connectivity index is 2.26. The fraction of sp³-hybridized carbons (Fsp3) is 0.273. The lowest BCUT2D eigenvalue weighted by Crippen LogP contribution is -1.98. The molecule has 84 valence electrons. The van der Waals surface area contributed by atoms with Crippen LogP contribution in [0.2, 0.25) is 0 Å². The van der Waals surface area contributed by atoms with E-state index < -0.39 is 0 Å². The molecule has 2 N–H and O–H groups in total. The minimum Gasteiger partial charge on any atom is -0.436 e. The second-order valence-electron chi connectivity index (χ2n) is 3.41. The molecule has 5 heteroatoms. The fourth-order valence-electron chi connectivity index (χ4n) is 1.25. The first kappa shape index (κ1) is 11.2. The Morgan fingerprint density at radius 1 is 1.44 bits per heavy atom. The predicted octanol–water partition coefficient (Wildman–Crippen LogP) is 2.30. The van der Waals surface area contributed by atoms with Crippen LogP contribution in [0.15, 0.2) is 33.0 Å². The van der Waals surface area contributed by atoms with Gasteiger partial charge < -0.3 is 10.2 Å². The molecule has 0 aliphatic carbocycles. The molecule has 2 rings (SSSR count). The summed E-state index contributed by atoms with van der Waals surface area (Å²) in [5.74, 6) is 0.848. The number of hydrogen-bond donors (Lipinski definition) is 1. The average molecular weight is 235 g/mol. The van der Waals surface area contributed by atoms with Gasteiger partial charge in [-0.25, -0.2) is 4.98 Å². The van der Waals surface area contributed by atoms with Gasteiger partial charge in [0.2, 0.25) is 0 Å². The molecule has 0 amide bonds. The number of rotatable bonds is 3. The fourth-order valence-corrected chi connectivity index (χ4v) is 2.18. The van der Waals surface area contributed by atoms with Crippen molar-refractivity contribution in [2.24, 2.45) is 5.73 Å². The van der Waals surface area contributed by atoms with Crippen molar-refractivity contribution in [3.63, 3.8) is 0 Å². The van der Waals surface area contributed by atoms with Crippen LogP contribution in [0.4, 0.5) is 0 Å². The largest absolute Gasteiger partial charge is 0.436 e. The number of aromatic nitrogens is 2. The maximum Gasteiger partial charge on any atom is 0.261 e. The number of pyridine rings is 1. The molecule has 16 heavy (non-hydrogen) atoms. The van der Waals surface area contributed by atoms with Gasteiger partial charge in [0.25, 0.3) is 5.22 Å². The number of aryl methyl sites for hydroxylation is 2. The SMILES string of the molecule is Cc1nc(Sc2cnccc2CN)oc1C. The average Bonchev–Trinajstić information content (AvgIpc) is 2.59. The number of nitrogens with two attached hydrogens (primary N) is 1. The van der Waals surface area contributed by atoms with Gasteiger partial charge in [0.15, 0.2) is 0 Å². The maximum atomic E-state index is 5.65. The van der Waals surface area contributed by atoms with Gasteiger partial charge in [-0.1, -0.05) is 0 Å². The van der Waals surface area contributed by atoms with Crippen molar-refractivity contribution in [3.05, 3.63) is 35.5 Å². The van der Waals surface area contributed by atoms with E-state index in [0.717, 1.165) is 21.9 Å². The summed E-state index contributed by atoms with van der Waals surface area (Å²) in [6.07, 6.45) is 3.51. The molecule has 0 unspecified atom stereocenters. The summed E-state index contributed by atoms with van der Waals surface area (Å²) in [4.78, 5) is 9.37. The lowest BCUT2D eigenvalue weighted by molar-refractivity contribution is 0.431. The van der Waals surface area contributed by atoms with Crippen LogP contribution in [0, 0.1) is 13.8 Å². The van der Waals surface area contributed by atoms with Crippen molar-refractivity contribution in [1.82, 2.24) is 9.97 Å². The van der Waals surface area contributed by atoms with E-state index in [1.807, 2.05) is 19.9 Å². The third kappa shape index (κ3) is 2.25. The molecular weight excluding hydrogens is 222 g/mol. The molecule has 0 aromatic carbocycles. The summed E-state index contributed by atoms with van der Waals surface area (Å²) in [5, 5.41) is 0.637. The second-order valence-corrected chi connectivity index (χ2v) is 4.40. The topological polar surface area (TPSA) is 64.9 Å². The van der Waals surface area contributed by atoms with Crippen molar-refractivity contribution in [3.8, 4) is 0 Å². The molecule has 2 aromatic heterocycles. The van der Waals surface area contributed by atoms with Crippen LogP contribution in [0.3, 0.4) is 0 Å². The summed E-state index contributed by atoms with van der Waals surface area (Å²) in [6, 6.07) is 1.91. The molecule has 4 nitrogen and oxygen atoms in total. The number of hydrogen-bond acceptors (Lipinski definition) is 5. The van der Waals surface area contributed by atoms with E-state index in [0.29, 0.717) is 11.8 Å². The first-order valence-corrected chi connectivity index (χ1v) is 5.77. The zero-order valence-corrected chi connectivity index (χ0v) is 10.0. The quantitative estimate of drug-likeness (QED) is 0.884. The van der Waals surface area contributed by atoms with Gasteiger partial charge in [0, 0.05) is 23.8 Å². The normalized spacial score (nSPS) is 10.7. The molecule has 0 radical (unpaired) electrons. The molecule has 0 saturated carbocycles. The Morgan fingerprint density at radius 3 is 2.88 bits per heavy atom. The van der Waals surface area contributed by atoms with Crippen molar-refractivity contribution < 1.29 is 4.42 Å². The summed E-state index contributed by atoms with van der Waals surface area (Å²) < 4.78 is 5.50. The van der Waals surface area contributed by atoms with Crippen LogP contribution in [0.25, 0.3) is 0 Å². The van der Waals surface area contributed by atoms with Crippen molar-refractivity contribution >= 4 is 11.8 Å². The minimum atomic E-state index is 0.490. The standard InChI is InChI=1S/C11H13N3OS/c1-7-8(2)15-11(14-7)16-10-6-13-4-3-9(10)5-12/h3-4,6H,5,12H2,1-2H3. The van der Waals surface area contributed by atoms with E-state index in [1.54, 1.807) is 12.4 Å². The molecule has 0 atom stereocenters. The van der Waals surface area contributed by atoms with Gasteiger partial charge in [-0.2, -0.15) is 0 Å². The van der Waals surface area contributed by atoms with Gasteiger partial charge in [-0.15, -0.1) is 0 Å². The third-order valence-electron chi connectivity index (χ3n) is 2.30. The van der Waals surface area contributed by atoms with Gasteiger partial charge >= 0.3 is 0 Å². The highest BCUT2D eigenvalue weighted by Crippen LogP contribution is 2.30. The molecule has 2 heterocycles. The first-order valence-electron chi connectivity index (χ1n) is 4.95. The molecule has 0 aliphatic heterocycles. The van der Waals surface area contributed by atoms with Crippen molar-refractivity contribution in [2.75, 3.05) is 0 Å². The van der Waals surface area contributed by atoms with Crippen molar-refractivity contribution in [2.45, 2.75) is 30.5 Å². The molecule has 0 bridgehead atoms. The lowest BCUT2D eigenvalue weighted by atomic mass is 10.3. The van der Waals surface area contributed by atoms with Gasteiger partial charge in [0.05, 0.1) is 5.69 Å². The van der Waals surface area contributed by atoms with Crippen LogP contribution in [-0.2, 0) is 6.54 Å². The van der Waals surface area contributed by atoms with Gasteiger partial charge in [0.1, 0.15) is 5.76 Å². The van der Waals surface area contributed by atoms with Crippen molar-refractivity contribution in [1.29, 1.82) is 0 Å². The van der Waals surface area contributed by atoms with Crippen LogP contribution >= 0.6 is 11.8 Å². The summed E-state index contributed by atoms with van der Waals surface area (Å²) in [6.45, 7) is 4.32. The van der Waals surface area contributed by atoms with Crippen LogP contribution < -0.4 is 5.73 Å².